The minimum Gasteiger partial charge on any atom is -0.493 e. The lowest BCUT2D eigenvalue weighted by Crippen LogP contribution is -2.09. The number of aryl methyl sites for hydroxylation is 2. The maximum absolute atomic E-state index is 11.5. The van der Waals surface area contributed by atoms with Gasteiger partial charge in [-0.05, 0) is 43.4 Å². The quantitative estimate of drug-likeness (QED) is 0.379. The van der Waals surface area contributed by atoms with Gasteiger partial charge < -0.3 is 20.9 Å². The highest BCUT2D eigenvalue weighted by molar-refractivity contribution is 5.76. The van der Waals surface area contributed by atoms with Crippen molar-refractivity contribution in [2.24, 2.45) is 0 Å². The Hall–Kier alpha value is -3.61. The molecule has 0 radical (unpaired) electrons. The van der Waals surface area contributed by atoms with Gasteiger partial charge in [-0.3, -0.25) is 4.79 Å². The highest BCUT2D eigenvalue weighted by Crippen LogP contribution is 2.30. The zero-order valence-electron chi connectivity index (χ0n) is 17.7. The molecule has 0 fully saturated rings. The smallest absolute Gasteiger partial charge is 0.305 e. The van der Waals surface area contributed by atoms with Crippen LogP contribution in [0.2, 0.25) is 0 Å². The normalized spacial score (nSPS) is 10.6. The highest BCUT2D eigenvalue weighted by Gasteiger charge is 2.14. The summed E-state index contributed by atoms with van der Waals surface area (Å²) in [6.45, 7) is 2.64. The van der Waals surface area contributed by atoms with E-state index in [4.69, 9.17) is 20.9 Å². The Kier molecular flexibility index (Phi) is 7.81. The number of nitrogens with zero attached hydrogens (tertiary/aromatic N) is 2. The van der Waals surface area contributed by atoms with Gasteiger partial charge in [0.1, 0.15) is 11.6 Å². The molecule has 0 amide bonds. The number of hydrogen-bond acceptors (Lipinski definition) is 7. The number of esters is 1. The third-order valence-electron chi connectivity index (χ3n) is 4.78. The van der Waals surface area contributed by atoms with Gasteiger partial charge in [0.15, 0.2) is 0 Å². The molecule has 0 aliphatic carbocycles. The van der Waals surface area contributed by atoms with Gasteiger partial charge in [0.25, 0.3) is 0 Å². The minimum absolute atomic E-state index is 0.163. The molecule has 1 aromatic heterocycles. The molecule has 0 aliphatic heterocycles. The van der Waals surface area contributed by atoms with Crippen molar-refractivity contribution in [1.29, 1.82) is 0 Å². The van der Waals surface area contributed by atoms with Crippen LogP contribution in [-0.4, -0.2) is 29.2 Å². The van der Waals surface area contributed by atoms with Crippen LogP contribution in [0.3, 0.4) is 0 Å². The van der Waals surface area contributed by atoms with Gasteiger partial charge in [0, 0.05) is 12.0 Å². The van der Waals surface area contributed by atoms with E-state index in [1.807, 2.05) is 54.6 Å². The maximum Gasteiger partial charge on any atom is 0.305 e. The Bertz CT molecular complexity index is 1010. The molecule has 0 atom stereocenters. The number of carbonyl (C=O) groups excluding carboxylic acids is 1. The van der Waals surface area contributed by atoms with Crippen molar-refractivity contribution in [3.63, 3.8) is 0 Å². The lowest BCUT2D eigenvalue weighted by molar-refractivity contribution is -0.143. The van der Waals surface area contributed by atoms with E-state index >= 15 is 0 Å². The number of carbonyl (C=O) groups is 1. The molecular weight excluding hydrogens is 392 g/mol. The van der Waals surface area contributed by atoms with Gasteiger partial charge >= 0.3 is 5.97 Å². The van der Waals surface area contributed by atoms with Crippen LogP contribution in [0.25, 0.3) is 11.1 Å². The SMILES string of the molecule is CCOC(=O)CCCOc1ccccc1CCc1nc(N)nc(N)c1-c1ccccc1. The third-order valence-corrected chi connectivity index (χ3v) is 4.78. The van der Waals surface area contributed by atoms with Gasteiger partial charge in [-0.2, -0.15) is 4.98 Å². The summed E-state index contributed by atoms with van der Waals surface area (Å²) < 4.78 is 10.9. The number of rotatable bonds is 10. The van der Waals surface area contributed by atoms with Crippen LogP contribution >= 0.6 is 0 Å². The topological polar surface area (TPSA) is 113 Å². The van der Waals surface area contributed by atoms with Crippen LogP contribution in [0.4, 0.5) is 11.8 Å². The molecule has 3 aromatic rings. The van der Waals surface area contributed by atoms with Gasteiger partial charge in [-0.1, -0.05) is 48.5 Å². The van der Waals surface area contributed by atoms with Gasteiger partial charge in [0.05, 0.1) is 18.9 Å². The number of aromatic nitrogens is 2. The molecule has 7 nitrogen and oxygen atoms in total. The molecular formula is C24H28N4O3. The fourth-order valence-corrected chi connectivity index (χ4v) is 3.38. The second-order valence-electron chi connectivity index (χ2n) is 7.02. The van der Waals surface area contributed by atoms with Crippen molar-refractivity contribution in [2.45, 2.75) is 32.6 Å². The predicted molar refractivity (Wildman–Crippen MR) is 122 cm³/mol. The molecule has 0 spiro atoms. The molecule has 3 rings (SSSR count). The van der Waals surface area contributed by atoms with Crippen LogP contribution in [0.15, 0.2) is 54.6 Å². The minimum atomic E-state index is -0.202. The Labute approximate surface area is 182 Å². The molecule has 0 bridgehead atoms. The van der Waals surface area contributed by atoms with E-state index in [0.717, 1.165) is 28.1 Å². The van der Waals surface area contributed by atoms with Crippen LogP contribution in [-0.2, 0) is 22.4 Å². The first-order valence-electron chi connectivity index (χ1n) is 10.4. The van der Waals surface area contributed by atoms with Crippen molar-refractivity contribution in [1.82, 2.24) is 9.97 Å². The third kappa shape index (κ3) is 6.18. The number of para-hydroxylation sites is 1. The van der Waals surface area contributed by atoms with Crippen molar-refractivity contribution >= 4 is 17.7 Å². The molecule has 0 saturated heterocycles. The lowest BCUT2D eigenvalue weighted by atomic mass is 9.99. The van der Waals surface area contributed by atoms with E-state index < -0.39 is 0 Å². The zero-order valence-corrected chi connectivity index (χ0v) is 17.7. The fourth-order valence-electron chi connectivity index (χ4n) is 3.38. The van der Waals surface area contributed by atoms with E-state index in [2.05, 4.69) is 9.97 Å². The fraction of sp³-hybridized carbons (Fsp3) is 0.292. The molecule has 2 aromatic carbocycles. The summed E-state index contributed by atoms with van der Waals surface area (Å²) in [4.78, 5) is 20.1. The molecule has 0 saturated carbocycles. The average Bonchev–Trinajstić information content (AvgIpc) is 2.76. The second-order valence-corrected chi connectivity index (χ2v) is 7.02. The lowest BCUT2D eigenvalue weighted by Gasteiger charge is -2.14. The zero-order chi connectivity index (χ0) is 22.1. The van der Waals surface area contributed by atoms with Crippen LogP contribution in [0.1, 0.15) is 31.0 Å². The van der Waals surface area contributed by atoms with Crippen LogP contribution in [0, 0.1) is 0 Å². The molecule has 162 valence electrons. The Morgan fingerprint density at radius 3 is 2.48 bits per heavy atom. The number of anilines is 2. The molecule has 31 heavy (non-hydrogen) atoms. The van der Waals surface area contributed by atoms with E-state index in [1.165, 1.54) is 0 Å². The Morgan fingerprint density at radius 1 is 0.968 bits per heavy atom. The first-order valence-corrected chi connectivity index (χ1v) is 10.4. The first-order chi connectivity index (χ1) is 15.1. The summed E-state index contributed by atoms with van der Waals surface area (Å²) in [6, 6.07) is 17.7. The summed E-state index contributed by atoms with van der Waals surface area (Å²) in [5, 5.41) is 0. The molecule has 7 heteroatoms. The van der Waals surface area contributed by atoms with E-state index in [0.29, 0.717) is 44.7 Å². The Morgan fingerprint density at radius 2 is 1.71 bits per heavy atom. The maximum atomic E-state index is 11.5. The molecule has 4 N–H and O–H groups in total. The largest absolute Gasteiger partial charge is 0.493 e. The summed E-state index contributed by atoms with van der Waals surface area (Å²) in [5.74, 6) is 1.13. The number of hydrogen-bond donors (Lipinski definition) is 2. The van der Waals surface area contributed by atoms with Gasteiger partial charge in [-0.15, -0.1) is 0 Å². The van der Waals surface area contributed by atoms with Crippen molar-refractivity contribution < 1.29 is 14.3 Å². The molecule has 0 unspecified atom stereocenters. The number of nitrogen functional groups attached to an aromatic ring is 2. The van der Waals surface area contributed by atoms with Gasteiger partial charge in [-0.25, -0.2) is 4.98 Å². The first kappa shape index (κ1) is 22.1. The standard InChI is InChI=1S/C24H28N4O3/c1-2-30-21(29)13-8-16-31-20-12-7-6-9-17(20)14-15-19-22(18-10-4-3-5-11-18)23(25)28-24(26)27-19/h3-7,9-12H,2,8,13-16H2,1H3,(H4,25,26,27,28). The number of benzene rings is 2. The molecule has 1 heterocycles. The van der Waals surface area contributed by atoms with E-state index in [9.17, 15) is 4.79 Å². The summed E-state index contributed by atoms with van der Waals surface area (Å²) in [5.41, 5.74) is 15.7. The number of ether oxygens (including phenoxy) is 2. The van der Waals surface area contributed by atoms with E-state index in [-0.39, 0.29) is 11.9 Å². The average molecular weight is 421 g/mol. The Balaban J connectivity index is 1.70. The van der Waals surface area contributed by atoms with Gasteiger partial charge in [0.2, 0.25) is 5.95 Å². The second kappa shape index (κ2) is 11.0. The monoisotopic (exact) mass is 420 g/mol. The summed E-state index contributed by atoms with van der Waals surface area (Å²) >= 11 is 0. The van der Waals surface area contributed by atoms with Crippen molar-refractivity contribution in [3.8, 4) is 16.9 Å². The number of nitrogens with two attached hydrogens (primary N) is 2. The van der Waals surface area contributed by atoms with Crippen molar-refractivity contribution in [3.05, 3.63) is 65.9 Å². The highest BCUT2D eigenvalue weighted by atomic mass is 16.5. The van der Waals surface area contributed by atoms with Crippen molar-refractivity contribution in [2.75, 3.05) is 24.7 Å². The molecule has 0 aliphatic rings. The van der Waals surface area contributed by atoms with Crippen LogP contribution in [0.5, 0.6) is 5.75 Å². The summed E-state index contributed by atoms with van der Waals surface area (Å²) in [6.07, 6.45) is 2.27. The van der Waals surface area contributed by atoms with E-state index in [1.54, 1.807) is 6.92 Å². The summed E-state index contributed by atoms with van der Waals surface area (Å²) in [7, 11) is 0. The van der Waals surface area contributed by atoms with Crippen LogP contribution < -0.4 is 16.2 Å². The predicted octanol–water partition coefficient (Wildman–Crippen LogP) is 3.82.